The smallest absolute Gasteiger partial charge is 0.256 e. The molecule has 0 saturated heterocycles. The van der Waals surface area contributed by atoms with Crippen LogP contribution in [0.4, 0.5) is 5.69 Å². The SMILES string of the molecule is CCc1cc(S(C)(=O)=O)c2cccc3c2c1C(=O)N3. The Bertz CT molecular complexity index is 822. The van der Waals surface area contributed by atoms with E-state index in [9.17, 15) is 13.2 Å². The van der Waals surface area contributed by atoms with Gasteiger partial charge in [0.05, 0.1) is 10.5 Å². The molecule has 0 spiro atoms. The van der Waals surface area contributed by atoms with Crippen molar-refractivity contribution in [2.75, 3.05) is 11.6 Å². The summed E-state index contributed by atoms with van der Waals surface area (Å²) in [5, 5.41) is 4.14. The zero-order chi connectivity index (χ0) is 13.8. The van der Waals surface area contributed by atoms with Crippen LogP contribution in [0.3, 0.4) is 0 Å². The third kappa shape index (κ3) is 1.65. The van der Waals surface area contributed by atoms with Crippen LogP contribution < -0.4 is 5.32 Å². The van der Waals surface area contributed by atoms with Gasteiger partial charge in [-0.25, -0.2) is 8.42 Å². The van der Waals surface area contributed by atoms with E-state index in [0.29, 0.717) is 28.0 Å². The van der Waals surface area contributed by atoms with Crippen molar-refractivity contribution < 1.29 is 13.2 Å². The van der Waals surface area contributed by atoms with Gasteiger partial charge in [0.25, 0.3) is 5.91 Å². The van der Waals surface area contributed by atoms with Gasteiger partial charge in [-0.3, -0.25) is 4.79 Å². The molecule has 0 saturated carbocycles. The number of nitrogens with one attached hydrogen (secondary N) is 1. The Hall–Kier alpha value is -1.88. The Morgan fingerprint density at radius 1 is 1.26 bits per heavy atom. The van der Waals surface area contributed by atoms with E-state index in [1.54, 1.807) is 24.3 Å². The third-order valence-electron chi connectivity index (χ3n) is 3.46. The van der Waals surface area contributed by atoms with Crippen LogP contribution in [0.2, 0.25) is 0 Å². The molecule has 1 aliphatic rings. The molecule has 0 atom stereocenters. The average molecular weight is 275 g/mol. The highest BCUT2D eigenvalue weighted by atomic mass is 32.2. The summed E-state index contributed by atoms with van der Waals surface area (Å²) in [4.78, 5) is 12.3. The molecule has 0 unspecified atom stereocenters. The molecule has 1 amide bonds. The molecule has 1 heterocycles. The molecule has 1 aliphatic heterocycles. The predicted molar refractivity (Wildman–Crippen MR) is 74.4 cm³/mol. The topological polar surface area (TPSA) is 63.2 Å². The Morgan fingerprint density at radius 3 is 2.63 bits per heavy atom. The van der Waals surface area contributed by atoms with Crippen LogP contribution >= 0.6 is 0 Å². The summed E-state index contributed by atoms with van der Waals surface area (Å²) < 4.78 is 23.9. The molecular weight excluding hydrogens is 262 g/mol. The van der Waals surface area contributed by atoms with Gasteiger partial charge in [-0.15, -0.1) is 0 Å². The monoisotopic (exact) mass is 275 g/mol. The Labute approximate surface area is 111 Å². The van der Waals surface area contributed by atoms with Crippen molar-refractivity contribution in [3.8, 4) is 0 Å². The summed E-state index contributed by atoms with van der Waals surface area (Å²) >= 11 is 0. The number of carbonyl (C=O) groups excluding carboxylic acids is 1. The van der Waals surface area contributed by atoms with Crippen LogP contribution in [0, 0.1) is 0 Å². The third-order valence-corrected chi connectivity index (χ3v) is 4.60. The van der Waals surface area contributed by atoms with Crippen molar-refractivity contribution >= 4 is 32.2 Å². The van der Waals surface area contributed by atoms with Crippen LogP contribution in [0.1, 0.15) is 22.8 Å². The van der Waals surface area contributed by atoms with Crippen LogP contribution in [-0.2, 0) is 16.3 Å². The summed E-state index contributed by atoms with van der Waals surface area (Å²) in [5.74, 6) is -0.150. The Kier molecular flexibility index (Phi) is 2.44. The van der Waals surface area contributed by atoms with Crippen molar-refractivity contribution in [3.63, 3.8) is 0 Å². The fourth-order valence-electron chi connectivity index (χ4n) is 2.63. The maximum atomic E-state index is 12.0. The minimum atomic E-state index is -3.32. The Balaban J connectivity index is 2.57. The molecule has 1 N–H and O–H groups in total. The molecule has 0 bridgehead atoms. The molecule has 0 radical (unpaired) electrons. The quantitative estimate of drug-likeness (QED) is 0.915. The highest BCUT2D eigenvalue weighted by Crippen LogP contribution is 2.38. The molecule has 0 fully saturated rings. The molecule has 0 aromatic heterocycles. The molecule has 98 valence electrons. The lowest BCUT2D eigenvalue weighted by atomic mass is 9.98. The van der Waals surface area contributed by atoms with E-state index >= 15 is 0 Å². The fourth-order valence-corrected chi connectivity index (χ4v) is 3.56. The van der Waals surface area contributed by atoms with Crippen LogP contribution in [0.5, 0.6) is 0 Å². The number of rotatable bonds is 2. The first kappa shape index (κ1) is 12.2. The molecule has 4 nitrogen and oxygen atoms in total. The lowest BCUT2D eigenvalue weighted by Crippen LogP contribution is -2.08. The van der Waals surface area contributed by atoms with Crippen molar-refractivity contribution in [2.24, 2.45) is 0 Å². The van der Waals surface area contributed by atoms with E-state index in [4.69, 9.17) is 0 Å². The van der Waals surface area contributed by atoms with Gasteiger partial charge in [-0.05, 0) is 24.1 Å². The molecule has 19 heavy (non-hydrogen) atoms. The number of aryl methyl sites for hydroxylation is 1. The second-order valence-electron chi connectivity index (χ2n) is 4.72. The van der Waals surface area contributed by atoms with Crippen LogP contribution in [0.15, 0.2) is 29.2 Å². The number of hydrogen-bond acceptors (Lipinski definition) is 3. The van der Waals surface area contributed by atoms with E-state index < -0.39 is 9.84 Å². The summed E-state index contributed by atoms with van der Waals surface area (Å²) in [6.45, 7) is 1.91. The molecule has 5 heteroatoms. The number of carbonyl (C=O) groups is 1. The van der Waals surface area contributed by atoms with Gasteiger partial charge in [0.2, 0.25) is 0 Å². The Morgan fingerprint density at radius 2 is 2.00 bits per heavy atom. The van der Waals surface area contributed by atoms with E-state index in [1.807, 2.05) is 6.92 Å². The van der Waals surface area contributed by atoms with Crippen molar-refractivity contribution in [1.82, 2.24) is 0 Å². The minimum Gasteiger partial charge on any atom is -0.321 e. The maximum absolute atomic E-state index is 12.0. The van der Waals surface area contributed by atoms with E-state index in [-0.39, 0.29) is 5.91 Å². The summed E-state index contributed by atoms with van der Waals surface area (Å²) in [6.07, 6.45) is 1.82. The van der Waals surface area contributed by atoms with Gasteiger partial charge >= 0.3 is 0 Å². The fraction of sp³-hybridized carbons (Fsp3) is 0.214. The summed E-state index contributed by atoms with van der Waals surface area (Å²) in [6, 6.07) is 6.93. The first-order chi connectivity index (χ1) is 8.93. The van der Waals surface area contributed by atoms with Gasteiger partial charge in [-0.2, -0.15) is 0 Å². The van der Waals surface area contributed by atoms with E-state index in [1.165, 1.54) is 6.26 Å². The lowest BCUT2D eigenvalue weighted by molar-refractivity contribution is 0.103. The van der Waals surface area contributed by atoms with Crippen LogP contribution in [0.25, 0.3) is 10.8 Å². The highest BCUT2D eigenvalue weighted by molar-refractivity contribution is 7.91. The van der Waals surface area contributed by atoms with Gasteiger partial charge in [-0.1, -0.05) is 19.1 Å². The first-order valence-corrected chi connectivity index (χ1v) is 7.92. The number of amides is 1. The largest absolute Gasteiger partial charge is 0.321 e. The second-order valence-corrected chi connectivity index (χ2v) is 6.70. The number of hydrogen-bond donors (Lipinski definition) is 1. The number of benzene rings is 2. The molecule has 3 rings (SSSR count). The van der Waals surface area contributed by atoms with Crippen molar-refractivity contribution in [2.45, 2.75) is 18.2 Å². The zero-order valence-electron chi connectivity index (χ0n) is 10.6. The maximum Gasteiger partial charge on any atom is 0.256 e. The zero-order valence-corrected chi connectivity index (χ0v) is 11.5. The van der Waals surface area contributed by atoms with Gasteiger partial charge in [0, 0.05) is 22.7 Å². The predicted octanol–water partition coefficient (Wildman–Crippen LogP) is 2.37. The molecule has 2 aromatic carbocycles. The standard InChI is InChI=1S/C14H13NO3S/c1-3-8-7-11(19(2,17)18)9-5-4-6-10-13(9)12(8)14(16)15-10/h4-7H,3H2,1-2H3,(H,15,16). The minimum absolute atomic E-state index is 0.150. The number of sulfone groups is 1. The lowest BCUT2D eigenvalue weighted by Gasteiger charge is -2.10. The summed E-state index contributed by atoms with van der Waals surface area (Å²) in [7, 11) is -3.32. The molecule has 2 aromatic rings. The van der Waals surface area contributed by atoms with Crippen molar-refractivity contribution in [1.29, 1.82) is 0 Å². The van der Waals surface area contributed by atoms with Crippen LogP contribution in [-0.4, -0.2) is 20.6 Å². The summed E-state index contributed by atoms with van der Waals surface area (Å²) in [5.41, 5.74) is 2.08. The van der Waals surface area contributed by atoms with E-state index in [2.05, 4.69) is 5.32 Å². The van der Waals surface area contributed by atoms with Gasteiger partial charge in [0.15, 0.2) is 9.84 Å². The highest BCUT2D eigenvalue weighted by Gasteiger charge is 2.27. The first-order valence-electron chi connectivity index (χ1n) is 6.03. The van der Waals surface area contributed by atoms with E-state index in [0.717, 1.165) is 10.9 Å². The molecular formula is C14H13NO3S. The van der Waals surface area contributed by atoms with Gasteiger partial charge in [0.1, 0.15) is 0 Å². The molecule has 0 aliphatic carbocycles. The normalized spacial score (nSPS) is 13.9. The van der Waals surface area contributed by atoms with Crippen molar-refractivity contribution in [3.05, 3.63) is 35.4 Å². The second kappa shape index (κ2) is 3.81. The number of anilines is 1. The van der Waals surface area contributed by atoms with Gasteiger partial charge < -0.3 is 5.32 Å². The average Bonchev–Trinajstić information content (AvgIpc) is 2.68.